The van der Waals surface area contributed by atoms with Crippen LogP contribution in [-0.2, 0) is 4.74 Å². The van der Waals surface area contributed by atoms with Gasteiger partial charge >= 0.3 is 0 Å². The minimum Gasteiger partial charge on any atom is -0.390 e. The Bertz CT molecular complexity index is 341. The maximum absolute atomic E-state index is 9.79. The molecule has 0 radical (unpaired) electrons. The highest BCUT2D eigenvalue weighted by molar-refractivity contribution is 7.99. The number of ether oxygens (including phenoxy) is 1. The van der Waals surface area contributed by atoms with E-state index in [4.69, 9.17) is 10.5 Å². The molecule has 1 rings (SSSR count). The molecule has 4 heteroatoms. The van der Waals surface area contributed by atoms with E-state index in [1.807, 2.05) is 31.2 Å². The van der Waals surface area contributed by atoms with Crippen LogP contribution in [0.3, 0.4) is 0 Å². The van der Waals surface area contributed by atoms with Gasteiger partial charge in [-0.25, -0.2) is 0 Å². The number of aliphatic hydroxyl groups excluding tert-OH is 1. The Labute approximate surface area is 120 Å². The van der Waals surface area contributed by atoms with Gasteiger partial charge in [-0.2, -0.15) is 0 Å². The summed E-state index contributed by atoms with van der Waals surface area (Å²) in [5.41, 5.74) is 6.93. The molecular weight excluding hydrogens is 258 g/mol. The van der Waals surface area contributed by atoms with E-state index in [0.29, 0.717) is 12.4 Å². The first-order chi connectivity index (χ1) is 9.13. The van der Waals surface area contributed by atoms with E-state index < -0.39 is 6.10 Å². The van der Waals surface area contributed by atoms with Gasteiger partial charge in [-0.1, -0.05) is 25.5 Å². The average Bonchev–Trinajstić information content (AvgIpc) is 2.42. The maximum atomic E-state index is 9.79. The van der Waals surface area contributed by atoms with Crippen molar-refractivity contribution in [2.24, 2.45) is 5.73 Å². The summed E-state index contributed by atoms with van der Waals surface area (Å²) in [5.74, 6) is 0.656. The van der Waals surface area contributed by atoms with Gasteiger partial charge in [0.05, 0.1) is 12.7 Å². The van der Waals surface area contributed by atoms with Crippen molar-refractivity contribution in [3.63, 3.8) is 0 Å². The smallest absolute Gasteiger partial charge is 0.0867 e. The Morgan fingerprint density at radius 1 is 1.32 bits per heavy atom. The van der Waals surface area contributed by atoms with Crippen molar-refractivity contribution in [2.75, 3.05) is 19.0 Å². The Balaban J connectivity index is 2.24. The standard InChI is InChI=1S/C15H25NO2S/c1-3-4-9-18-10-14(17)11-19-15-7-5-13(6-8-15)12(2)16/h5-8,12,14,17H,3-4,9-11,16H2,1-2H3. The van der Waals surface area contributed by atoms with Gasteiger partial charge in [0.1, 0.15) is 0 Å². The van der Waals surface area contributed by atoms with Crippen molar-refractivity contribution in [1.82, 2.24) is 0 Å². The highest BCUT2D eigenvalue weighted by atomic mass is 32.2. The molecule has 3 N–H and O–H groups in total. The molecule has 0 amide bonds. The molecule has 0 aliphatic rings. The van der Waals surface area contributed by atoms with Crippen LogP contribution in [0.1, 0.15) is 38.3 Å². The van der Waals surface area contributed by atoms with E-state index >= 15 is 0 Å². The summed E-state index contributed by atoms with van der Waals surface area (Å²) in [6, 6.07) is 8.24. The predicted octanol–water partition coefficient (Wildman–Crippen LogP) is 2.98. The molecule has 1 aromatic carbocycles. The fourth-order valence-corrected chi connectivity index (χ4v) is 2.38. The zero-order chi connectivity index (χ0) is 14.1. The summed E-state index contributed by atoms with van der Waals surface area (Å²) in [5, 5.41) is 9.79. The van der Waals surface area contributed by atoms with E-state index in [-0.39, 0.29) is 6.04 Å². The molecule has 0 aromatic heterocycles. The van der Waals surface area contributed by atoms with Crippen molar-refractivity contribution in [2.45, 2.75) is 43.7 Å². The second-order valence-electron chi connectivity index (χ2n) is 4.75. The SMILES string of the molecule is CCCCOCC(O)CSc1ccc(C(C)N)cc1. The molecule has 19 heavy (non-hydrogen) atoms. The van der Waals surface area contributed by atoms with E-state index in [1.54, 1.807) is 11.8 Å². The zero-order valence-electron chi connectivity index (χ0n) is 11.8. The summed E-state index contributed by atoms with van der Waals surface area (Å²) in [6.07, 6.45) is 1.77. The van der Waals surface area contributed by atoms with Crippen LogP contribution in [-0.4, -0.2) is 30.2 Å². The average molecular weight is 283 g/mol. The number of unbranched alkanes of at least 4 members (excludes halogenated alkanes) is 1. The first-order valence-corrected chi connectivity index (χ1v) is 7.86. The summed E-state index contributed by atoms with van der Waals surface area (Å²) >= 11 is 1.64. The number of rotatable bonds is 9. The first-order valence-electron chi connectivity index (χ1n) is 6.87. The van der Waals surface area contributed by atoms with Gasteiger partial charge in [0.15, 0.2) is 0 Å². The Morgan fingerprint density at radius 2 is 2.00 bits per heavy atom. The zero-order valence-corrected chi connectivity index (χ0v) is 12.7. The van der Waals surface area contributed by atoms with Crippen molar-refractivity contribution in [1.29, 1.82) is 0 Å². The predicted molar refractivity (Wildman–Crippen MR) is 81.5 cm³/mol. The number of benzene rings is 1. The summed E-state index contributed by atoms with van der Waals surface area (Å²) in [6.45, 7) is 5.26. The number of hydrogen-bond acceptors (Lipinski definition) is 4. The highest BCUT2D eigenvalue weighted by Gasteiger charge is 2.06. The van der Waals surface area contributed by atoms with Crippen LogP contribution in [0.15, 0.2) is 29.2 Å². The third kappa shape index (κ3) is 6.97. The minimum atomic E-state index is -0.407. The van der Waals surface area contributed by atoms with Crippen LogP contribution in [0.5, 0.6) is 0 Å². The quantitative estimate of drug-likeness (QED) is 0.540. The number of thioether (sulfide) groups is 1. The highest BCUT2D eigenvalue weighted by Crippen LogP contribution is 2.21. The molecule has 0 aliphatic carbocycles. The van der Waals surface area contributed by atoms with Crippen LogP contribution in [0, 0.1) is 0 Å². The van der Waals surface area contributed by atoms with Crippen LogP contribution in [0.2, 0.25) is 0 Å². The van der Waals surface area contributed by atoms with Crippen LogP contribution in [0.4, 0.5) is 0 Å². The van der Waals surface area contributed by atoms with Gasteiger partial charge in [-0.05, 0) is 31.0 Å². The fourth-order valence-electron chi connectivity index (χ4n) is 1.57. The number of aliphatic hydroxyl groups is 1. The molecule has 0 spiro atoms. The molecule has 3 nitrogen and oxygen atoms in total. The molecule has 0 saturated heterocycles. The normalized spacial score (nSPS) is 14.3. The molecule has 0 heterocycles. The summed E-state index contributed by atoms with van der Waals surface area (Å²) < 4.78 is 5.39. The van der Waals surface area contributed by atoms with Gasteiger partial charge < -0.3 is 15.6 Å². The number of nitrogens with two attached hydrogens (primary N) is 1. The Hall–Kier alpha value is -0.550. The minimum absolute atomic E-state index is 0.0663. The van der Waals surface area contributed by atoms with E-state index in [1.165, 1.54) is 0 Å². The topological polar surface area (TPSA) is 55.5 Å². The molecule has 0 fully saturated rings. The molecule has 2 atom stereocenters. The lowest BCUT2D eigenvalue weighted by Gasteiger charge is -2.11. The van der Waals surface area contributed by atoms with Crippen molar-refractivity contribution < 1.29 is 9.84 Å². The first kappa shape index (κ1) is 16.5. The monoisotopic (exact) mass is 283 g/mol. The van der Waals surface area contributed by atoms with Crippen LogP contribution >= 0.6 is 11.8 Å². The third-order valence-corrected chi connectivity index (χ3v) is 3.96. The lowest BCUT2D eigenvalue weighted by Crippen LogP contribution is -2.18. The van der Waals surface area contributed by atoms with Gasteiger partial charge in [-0.3, -0.25) is 0 Å². The molecule has 108 valence electrons. The van der Waals surface area contributed by atoms with E-state index in [2.05, 4.69) is 6.92 Å². The number of hydrogen-bond donors (Lipinski definition) is 2. The van der Waals surface area contributed by atoms with Crippen LogP contribution in [0.25, 0.3) is 0 Å². The molecular formula is C15H25NO2S. The molecule has 1 aromatic rings. The molecule has 0 aliphatic heterocycles. The van der Waals surface area contributed by atoms with E-state index in [9.17, 15) is 5.11 Å². The molecule has 2 unspecified atom stereocenters. The Kier molecular flexibility index (Phi) is 8.14. The third-order valence-electron chi connectivity index (χ3n) is 2.80. The second-order valence-corrected chi connectivity index (χ2v) is 5.84. The molecule has 0 saturated carbocycles. The Morgan fingerprint density at radius 3 is 2.58 bits per heavy atom. The van der Waals surface area contributed by atoms with Crippen LogP contribution < -0.4 is 5.73 Å². The molecule has 0 bridgehead atoms. The van der Waals surface area contributed by atoms with Gasteiger partial charge in [0, 0.05) is 23.3 Å². The summed E-state index contributed by atoms with van der Waals surface area (Å²) in [4.78, 5) is 1.15. The fraction of sp³-hybridized carbons (Fsp3) is 0.600. The van der Waals surface area contributed by atoms with E-state index in [0.717, 1.165) is 29.9 Å². The largest absolute Gasteiger partial charge is 0.390 e. The van der Waals surface area contributed by atoms with Crippen molar-refractivity contribution in [3.05, 3.63) is 29.8 Å². The lowest BCUT2D eigenvalue weighted by atomic mass is 10.1. The van der Waals surface area contributed by atoms with Gasteiger partial charge in [0.2, 0.25) is 0 Å². The van der Waals surface area contributed by atoms with Crippen molar-refractivity contribution in [3.8, 4) is 0 Å². The van der Waals surface area contributed by atoms with Gasteiger partial charge in [-0.15, -0.1) is 11.8 Å². The lowest BCUT2D eigenvalue weighted by molar-refractivity contribution is 0.0473. The maximum Gasteiger partial charge on any atom is 0.0867 e. The summed E-state index contributed by atoms with van der Waals surface area (Å²) in [7, 11) is 0. The van der Waals surface area contributed by atoms with Gasteiger partial charge in [0.25, 0.3) is 0 Å². The van der Waals surface area contributed by atoms with Crippen molar-refractivity contribution >= 4 is 11.8 Å². The second kappa shape index (κ2) is 9.37.